The molecule has 1 heterocycles. The molecule has 78 valence electrons. The minimum Gasteiger partial charge on any atom is -0.424 e. The summed E-state index contributed by atoms with van der Waals surface area (Å²) in [5.74, 6) is 1.05. The van der Waals surface area contributed by atoms with E-state index in [0.717, 1.165) is 0 Å². The van der Waals surface area contributed by atoms with Gasteiger partial charge in [0.05, 0.1) is 6.04 Å². The summed E-state index contributed by atoms with van der Waals surface area (Å²) in [6.07, 6.45) is 0.711. The number of aryl methyl sites for hydroxylation is 1. The molecule has 0 spiro atoms. The molecule has 0 aliphatic rings. The Labute approximate surface area is 88.1 Å². The van der Waals surface area contributed by atoms with Gasteiger partial charge in [-0.2, -0.15) is 0 Å². The molecule has 1 aromatic carbocycles. The fraction of sp³-hybridized carbons (Fsp3) is 0.273. The van der Waals surface area contributed by atoms with Gasteiger partial charge in [-0.25, -0.2) is 0 Å². The molecule has 2 rings (SSSR count). The van der Waals surface area contributed by atoms with E-state index in [0.29, 0.717) is 18.2 Å². The molecule has 0 aliphatic heterocycles. The lowest BCUT2D eigenvalue weighted by Crippen LogP contribution is -2.13. The first-order valence-electron chi connectivity index (χ1n) is 4.85. The summed E-state index contributed by atoms with van der Waals surface area (Å²) in [5.41, 5.74) is 7.11. The van der Waals surface area contributed by atoms with Crippen molar-refractivity contribution in [2.45, 2.75) is 19.4 Å². The highest BCUT2D eigenvalue weighted by Gasteiger charge is 2.13. The van der Waals surface area contributed by atoms with Gasteiger partial charge in [-0.3, -0.25) is 0 Å². The summed E-state index contributed by atoms with van der Waals surface area (Å²) in [6, 6.07) is 9.79. The van der Waals surface area contributed by atoms with E-state index in [1.165, 1.54) is 5.56 Å². The van der Waals surface area contributed by atoms with Gasteiger partial charge in [-0.1, -0.05) is 30.3 Å². The Bertz CT molecular complexity index is 424. The van der Waals surface area contributed by atoms with Crippen molar-refractivity contribution in [3.05, 3.63) is 47.7 Å². The third kappa shape index (κ3) is 2.41. The van der Waals surface area contributed by atoms with E-state index in [-0.39, 0.29) is 6.04 Å². The van der Waals surface area contributed by atoms with E-state index in [9.17, 15) is 0 Å². The number of nitrogens with two attached hydrogens (primary N) is 1. The van der Waals surface area contributed by atoms with Crippen LogP contribution < -0.4 is 5.73 Å². The van der Waals surface area contributed by atoms with Crippen LogP contribution in [-0.4, -0.2) is 10.2 Å². The second-order valence-corrected chi connectivity index (χ2v) is 3.46. The quantitative estimate of drug-likeness (QED) is 0.823. The summed E-state index contributed by atoms with van der Waals surface area (Å²) < 4.78 is 5.27. The Morgan fingerprint density at radius 3 is 2.60 bits per heavy atom. The first kappa shape index (κ1) is 9.86. The van der Waals surface area contributed by atoms with Crippen LogP contribution in [0.1, 0.15) is 23.4 Å². The van der Waals surface area contributed by atoms with Gasteiger partial charge < -0.3 is 10.2 Å². The van der Waals surface area contributed by atoms with Gasteiger partial charge in [0.15, 0.2) is 0 Å². The average molecular weight is 203 g/mol. The van der Waals surface area contributed by atoms with Crippen molar-refractivity contribution >= 4 is 0 Å². The molecule has 0 radical (unpaired) electrons. The molecule has 0 saturated heterocycles. The van der Waals surface area contributed by atoms with Crippen molar-refractivity contribution in [1.29, 1.82) is 0 Å². The maximum absolute atomic E-state index is 5.94. The summed E-state index contributed by atoms with van der Waals surface area (Å²) in [6.45, 7) is 1.76. The second-order valence-electron chi connectivity index (χ2n) is 3.46. The van der Waals surface area contributed by atoms with Crippen molar-refractivity contribution in [2.24, 2.45) is 5.73 Å². The lowest BCUT2D eigenvalue weighted by Gasteiger charge is -2.06. The highest BCUT2D eigenvalue weighted by Crippen LogP contribution is 2.14. The van der Waals surface area contributed by atoms with Crippen LogP contribution >= 0.6 is 0 Å². The van der Waals surface area contributed by atoms with Gasteiger partial charge in [-0.05, 0) is 12.0 Å². The van der Waals surface area contributed by atoms with Gasteiger partial charge >= 0.3 is 0 Å². The van der Waals surface area contributed by atoms with Crippen molar-refractivity contribution in [3.8, 4) is 0 Å². The molecule has 2 N–H and O–H groups in total. The summed E-state index contributed by atoms with van der Waals surface area (Å²) in [5, 5.41) is 7.65. The molecule has 15 heavy (non-hydrogen) atoms. The lowest BCUT2D eigenvalue weighted by atomic mass is 10.1. The molecule has 0 fully saturated rings. The number of hydrogen-bond acceptors (Lipinski definition) is 4. The predicted molar refractivity (Wildman–Crippen MR) is 56.1 cm³/mol. The average Bonchev–Trinajstić information content (AvgIpc) is 2.66. The molecular formula is C11H13N3O. The Morgan fingerprint density at radius 2 is 2.00 bits per heavy atom. The van der Waals surface area contributed by atoms with Crippen LogP contribution in [0, 0.1) is 6.92 Å². The molecule has 0 amide bonds. The number of hydrogen-bond donors (Lipinski definition) is 1. The summed E-state index contributed by atoms with van der Waals surface area (Å²) >= 11 is 0. The Kier molecular flexibility index (Phi) is 2.78. The number of aromatic nitrogens is 2. The maximum atomic E-state index is 5.94. The van der Waals surface area contributed by atoms with Crippen LogP contribution in [0.15, 0.2) is 34.7 Å². The minimum absolute atomic E-state index is 0.228. The van der Waals surface area contributed by atoms with E-state index in [1.54, 1.807) is 6.92 Å². The van der Waals surface area contributed by atoms with E-state index in [1.807, 2.05) is 30.3 Å². The zero-order valence-electron chi connectivity index (χ0n) is 8.55. The highest BCUT2D eigenvalue weighted by molar-refractivity contribution is 5.16. The zero-order valence-corrected chi connectivity index (χ0v) is 8.55. The highest BCUT2D eigenvalue weighted by atomic mass is 16.4. The number of rotatable bonds is 3. The molecule has 1 aromatic heterocycles. The van der Waals surface area contributed by atoms with Crippen LogP contribution in [-0.2, 0) is 6.42 Å². The van der Waals surface area contributed by atoms with E-state index < -0.39 is 0 Å². The largest absolute Gasteiger partial charge is 0.424 e. The van der Waals surface area contributed by atoms with Crippen molar-refractivity contribution in [2.75, 3.05) is 0 Å². The van der Waals surface area contributed by atoms with Crippen molar-refractivity contribution in [1.82, 2.24) is 10.2 Å². The first-order valence-corrected chi connectivity index (χ1v) is 4.85. The summed E-state index contributed by atoms with van der Waals surface area (Å²) in [7, 11) is 0. The van der Waals surface area contributed by atoms with Crippen LogP contribution in [0.3, 0.4) is 0 Å². The summed E-state index contributed by atoms with van der Waals surface area (Å²) in [4.78, 5) is 0. The molecule has 2 aromatic rings. The normalized spacial score (nSPS) is 12.7. The third-order valence-electron chi connectivity index (χ3n) is 2.16. The molecular weight excluding hydrogens is 190 g/mol. The zero-order chi connectivity index (χ0) is 10.7. The van der Waals surface area contributed by atoms with Gasteiger partial charge in [-0.15, -0.1) is 10.2 Å². The first-order chi connectivity index (χ1) is 7.25. The standard InChI is InChI=1S/C11H13N3O/c1-8-13-14-11(15-8)10(12)7-9-5-3-2-4-6-9/h2-6,10H,7,12H2,1H3. The SMILES string of the molecule is Cc1nnc(C(N)Cc2ccccc2)o1. The van der Waals surface area contributed by atoms with Gasteiger partial charge in [0.1, 0.15) is 0 Å². The van der Waals surface area contributed by atoms with E-state index in [4.69, 9.17) is 10.2 Å². The minimum atomic E-state index is -0.228. The second kappa shape index (κ2) is 4.23. The molecule has 0 bridgehead atoms. The van der Waals surface area contributed by atoms with Crippen LogP contribution in [0.25, 0.3) is 0 Å². The fourth-order valence-corrected chi connectivity index (χ4v) is 1.42. The fourth-order valence-electron chi connectivity index (χ4n) is 1.42. The van der Waals surface area contributed by atoms with E-state index in [2.05, 4.69) is 10.2 Å². The van der Waals surface area contributed by atoms with Gasteiger partial charge in [0, 0.05) is 6.92 Å². The smallest absolute Gasteiger partial charge is 0.233 e. The molecule has 1 atom stereocenters. The molecule has 0 aliphatic carbocycles. The Balaban J connectivity index is 2.07. The molecule has 1 unspecified atom stereocenters. The topological polar surface area (TPSA) is 64.9 Å². The van der Waals surface area contributed by atoms with E-state index >= 15 is 0 Å². The lowest BCUT2D eigenvalue weighted by molar-refractivity contribution is 0.429. The maximum Gasteiger partial charge on any atom is 0.233 e. The Hall–Kier alpha value is -1.68. The molecule has 4 heteroatoms. The van der Waals surface area contributed by atoms with Crippen LogP contribution in [0.5, 0.6) is 0 Å². The van der Waals surface area contributed by atoms with Crippen molar-refractivity contribution in [3.63, 3.8) is 0 Å². The number of benzene rings is 1. The van der Waals surface area contributed by atoms with Gasteiger partial charge in [0.25, 0.3) is 0 Å². The monoisotopic (exact) mass is 203 g/mol. The van der Waals surface area contributed by atoms with Crippen LogP contribution in [0.4, 0.5) is 0 Å². The van der Waals surface area contributed by atoms with Gasteiger partial charge in [0.2, 0.25) is 11.8 Å². The Morgan fingerprint density at radius 1 is 1.27 bits per heavy atom. The number of nitrogens with zero attached hydrogens (tertiary/aromatic N) is 2. The van der Waals surface area contributed by atoms with Crippen LogP contribution in [0.2, 0.25) is 0 Å². The van der Waals surface area contributed by atoms with Crippen molar-refractivity contribution < 1.29 is 4.42 Å². The predicted octanol–water partition coefficient (Wildman–Crippen LogP) is 1.62. The third-order valence-corrected chi connectivity index (χ3v) is 2.16. The molecule has 0 saturated carbocycles. The molecule has 4 nitrogen and oxygen atoms in total.